The van der Waals surface area contributed by atoms with Crippen molar-refractivity contribution in [2.45, 2.75) is 50.5 Å². The number of anilines is 1. The van der Waals surface area contributed by atoms with Crippen LogP contribution in [0, 0.1) is 0 Å². The van der Waals surface area contributed by atoms with E-state index in [1.54, 1.807) is 44.2 Å². The number of methoxy groups -OCH3 is 1. The van der Waals surface area contributed by atoms with Crippen LogP contribution in [0.15, 0.2) is 77.7 Å². The van der Waals surface area contributed by atoms with Crippen LogP contribution in [0.1, 0.15) is 31.9 Å². The number of carbonyl (C=O) groups excluding carboxylic acids is 2. The zero-order valence-corrected chi connectivity index (χ0v) is 24.9. The van der Waals surface area contributed by atoms with Crippen LogP contribution < -0.4 is 14.4 Å². The highest BCUT2D eigenvalue weighted by Gasteiger charge is 2.37. The molecule has 0 heterocycles. The van der Waals surface area contributed by atoms with Gasteiger partial charge in [0.15, 0.2) is 0 Å². The molecule has 3 rings (SSSR count). The van der Waals surface area contributed by atoms with Crippen molar-refractivity contribution in [2.24, 2.45) is 0 Å². The molecule has 226 valence electrons. The van der Waals surface area contributed by atoms with Gasteiger partial charge in [0.25, 0.3) is 10.0 Å². The first-order valence-corrected chi connectivity index (χ1v) is 14.6. The summed E-state index contributed by atoms with van der Waals surface area (Å²) < 4.78 is 74.5. The van der Waals surface area contributed by atoms with Gasteiger partial charge in [-0.05, 0) is 68.8 Å². The summed E-state index contributed by atoms with van der Waals surface area (Å²) in [4.78, 5) is 27.8. The molecule has 0 bridgehead atoms. The van der Waals surface area contributed by atoms with Crippen molar-refractivity contribution >= 4 is 39.1 Å². The van der Waals surface area contributed by atoms with Crippen LogP contribution in [-0.2, 0) is 32.3 Å². The van der Waals surface area contributed by atoms with Crippen LogP contribution in [0.2, 0.25) is 5.02 Å². The van der Waals surface area contributed by atoms with Gasteiger partial charge in [-0.2, -0.15) is 13.2 Å². The number of rotatable bonds is 11. The monoisotopic (exact) mass is 625 g/mol. The Balaban J connectivity index is 2.12. The maximum absolute atomic E-state index is 13.9. The molecule has 0 fully saturated rings. The zero-order valence-electron chi connectivity index (χ0n) is 23.4. The molecule has 0 aliphatic heterocycles. The van der Waals surface area contributed by atoms with Crippen LogP contribution in [0.5, 0.6) is 5.75 Å². The first kappa shape index (κ1) is 32.7. The van der Waals surface area contributed by atoms with E-state index in [0.29, 0.717) is 21.7 Å². The number of benzene rings is 3. The van der Waals surface area contributed by atoms with Crippen molar-refractivity contribution < 1.29 is 35.9 Å². The molecular weight excluding hydrogens is 595 g/mol. The number of carbonyl (C=O) groups is 2. The molecule has 0 saturated carbocycles. The van der Waals surface area contributed by atoms with Crippen molar-refractivity contribution in [2.75, 3.05) is 18.0 Å². The van der Waals surface area contributed by atoms with Gasteiger partial charge in [-0.25, -0.2) is 8.42 Å². The van der Waals surface area contributed by atoms with Crippen LogP contribution in [-0.4, -0.2) is 50.9 Å². The molecule has 42 heavy (non-hydrogen) atoms. The summed E-state index contributed by atoms with van der Waals surface area (Å²) in [6, 6.07) is 15.0. The number of hydrogen-bond acceptors (Lipinski definition) is 5. The lowest BCUT2D eigenvalue weighted by Crippen LogP contribution is -2.52. The minimum absolute atomic E-state index is 0.115. The Morgan fingerprint density at radius 2 is 1.64 bits per heavy atom. The Morgan fingerprint density at radius 1 is 0.976 bits per heavy atom. The van der Waals surface area contributed by atoms with E-state index in [1.165, 1.54) is 43.2 Å². The normalized spacial score (nSPS) is 12.5. The molecule has 1 N–H and O–H groups in total. The third kappa shape index (κ3) is 7.95. The van der Waals surface area contributed by atoms with E-state index in [1.807, 2.05) is 0 Å². The Labute approximate surface area is 248 Å². The summed E-state index contributed by atoms with van der Waals surface area (Å²) in [5.74, 6) is -0.829. The Bertz CT molecular complexity index is 1520. The Morgan fingerprint density at radius 3 is 2.24 bits per heavy atom. The topological polar surface area (TPSA) is 96.0 Å². The number of sulfonamides is 1. The van der Waals surface area contributed by atoms with E-state index in [2.05, 4.69) is 5.32 Å². The smallest absolute Gasteiger partial charge is 0.417 e. The fourth-order valence-electron chi connectivity index (χ4n) is 4.09. The van der Waals surface area contributed by atoms with Crippen molar-refractivity contribution in [1.82, 2.24) is 10.2 Å². The maximum Gasteiger partial charge on any atom is 0.417 e. The predicted molar refractivity (Wildman–Crippen MR) is 154 cm³/mol. The van der Waals surface area contributed by atoms with E-state index in [9.17, 15) is 31.2 Å². The second kappa shape index (κ2) is 13.5. The highest BCUT2D eigenvalue weighted by molar-refractivity contribution is 7.92. The van der Waals surface area contributed by atoms with Crippen LogP contribution in [0.4, 0.5) is 18.9 Å². The lowest BCUT2D eigenvalue weighted by Gasteiger charge is -2.32. The SMILES string of the molecule is COc1cccc(CN(C(=O)CN(c2ccc(Cl)c(C(F)(F)F)c2)S(=O)(=O)c2ccccc2)[C@@H](C)C(=O)NC(C)C)c1. The molecule has 0 unspecified atom stereocenters. The molecule has 3 aromatic rings. The summed E-state index contributed by atoms with van der Waals surface area (Å²) in [5.41, 5.74) is -1.11. The lowest BCUT2D eigenvalue weighted by molar-refractivity contribution is -0.139. The van der Waals surface area contributed by atoms with E-state index in [-0.39, 0.29) is 17.5 Å². The number of amides is 2. The van der Waals surface area contributed by atoms with Crippen molar-refractivity contribution in [3.8, 4) is 5.75 Å². The third-order valence-corrected chi connectivity index (χ3v) is 8.36. The average molecular weight is 626 g/mol. The minimum atomic E-state index is -4.89. The maximum atomic E-state index is 13.9. The fraction of sp³-hybridized carbons (Fsp3) is 0.310. The number of hydrogen-bond donors (Lipinski definition) is 1. The van der Waals surface area contributed by atoms with Crippen molar-refractivity contribution in [3.05, 3.63) is 88.9 Å². The second-order valence-corrected chi connectivity index (χ2v) is 12.0. The molecule has 1 atom stereocenters. The molecule has 8 nitrogen and oxygen atoms in total. The van der Waals surface area contributed by atoms with Gasteiger partial charge in [-0.1, -0.05) is 41.9 Å². The molecule has 0 aromatic heterocycles. The van der Waals surface area contributed by atoms with E-state index >= 15 is 0 Å². The van der Waals surface area contributed by atoms with Crippen molar-refractivity contribution in [3.63, 3.8) is 0 Å². The minimum Gasteiger partial charge on any atom is -0.497 e. The molecule has 3 aromatic carbocycles. The van der Waals surface area contributed by atoms with Gasteiger partial charge >= 0.3 is 6.18 Å². The quantitative estimate of drug-likeness (QED) is 0.303. The van der Waals surface area contributed by atoms with E-state index in [0.717, 1.165) is 12.1 Å². The van der Waals surface area contributed by atoms with Gasteiger partial charge in [0, 0.05) is 12.6 Å². The third-order valence-electron chi connectivity index (χ3n) is 6.24. The predicted octanol–water partition coefficient (Wildman–Crippen LogP) is 5.50. The number of ether oxygens (including phenoxy) is 1. The number of alkyl halides is 3. The molecule has 0 saturated heterocycles. The van der Waals surface area contributed by atoms with Gasteiger partial charge < -0.3 is 15.0 Å². The van der Waals surface area contributed by atoms with Gasteiger partial charge in [0.2, 0.25) is 11.8 Å². The highest BCUT2D eigenvalue weighted by Crippen LogP contribution is 2.38. The molecule has 0 aliphatic carbocycles. The second-order valence-electron chi connectivity index (χ2n) is 9.70. The van der Waals surface area contributed by atoms with E-state index in [4.69, 9.17) is 16.3 Å². The fourth-order valence-corrected chi connectivity index (χ4v) is 5.74. The Kier molecular flexibility index (Phi) is 10.5. The molecular formula is C29H31ClF3N3O5S. The van der Waals surface area contributed by atoms with E-state index < -0.39 is 56.9 Å². The first-order chi connectivity index (χ1) is 19.6. The van der Waals surface area contributed by atoms with Gasteiger partial charge in [-0.15, -0.1) is 0 Å². The molecule has 0 spiro atoms. The molecule has 0 aliphatic rings. The summed E-state index contributed by atoms with van der Waals surface area (Å²) in [6.07, 6.45) is -4.89. The summed E-state index contributed by atoms with van der Waals surface area (Å²) in [6.45, 7) is 3.95. The standard InChI is InChI=1S/C29H31ClF3N3O5S/c1-19(2)34-28(38)20(3)35(17-21-9-8-10-23(15-21)41-4)27(37)18-36(42(39,40)24-11-6-5-7-12-24)22-13-14-26(30)25(16-22)29(31,32)33/h5-16,19-20H,17-18H2,1-4H3,(H,34,38)/t20-/m0/s1. The highest BCUT2D eigenvalue weighted by atomic mass is 35.5. The average Bonchev–Trinajstić information content (AvgIpc) is 2.94. The lowest BCUT2D eigenvalue weighted by atomic mass is 10.1. The molecule has 13 heteroatoms. The number of nitrogens with one attached hydrogen (secondary N) is 1. The first-order valence-electron chi connectivity index (χ1n) is 12.8. The number of halogens is 4. The van der Waals surface area contributed by atoms with Gasteiger partial charge in [0.05, 0.1) is 28.3 Å². The zero-order chi connectivity index (χ0) is 31.2. The summed E-state index contributed by atoms with van der Waals surface area (Å²) in [5, 5.41) is 2.10. The number of nitrogens with zero attached hydrogens (tertiary/aromatic N) is 2. The summed E-state index contributed by atoms with van der Waals surface area (Å²) in [7, 11) is -3.08. The van der Waals surface area contributed by atoms with Crippen LogP contribution in [0.3, 0.4) is 0 Å². The van der Waals surface area contributed by atoms with Gasteiger partial charge in [-0.3, -0.25) is 13.9 Å². The summed E-state index contributed by atoms with van der Waals surface area (Å²) >= 11 is 5.79. The van der Waals surface area contributed by atoms with Crippen LogP contribution in [0.25, 0.3) is 0 Å². The molecule has 2 amide bonds. The van der Waals surface area contributed by atoms with Crippen molar-refractivity contribution in [1.29, 1.82) is 0 Å². The largest absolute Gasteiger partial charge is 0.497 e. The van der Waals surface area contributed by atoms with Gasteiger partial charge in [0.1, 0.15) is 18.3 Å². The molecule has 0 radical (unpaired) electrons. The Hall–Kier alpha value is -3.77. The van der Waals surface area contributed by atoms with Crippen LogP contribution >= 0.6 is 11.6 Å².